The lowest BCUT2D eigenvalue weighted by Gasteiger charge is -2.40. The molecule has 0 saturated carbocycles. The van der Waals surface area contributed by atoms with Gasteiger partial charge in [0.1, 0.15) is 30.0 Å². The SMILES string of the molecule is CNCC(=O)N(Cc1nc2c(ccc3cc4c(cc32)OCc2cc(-c3cnc(CN(C(=O)C(NC(=O)OC)C5CC(C)O[C@H](C)C5)[C@@H](C)C(C)C)[nH]3)ccc2-4)[nH]1)[C@@H](C)C(C)C. The molecule has 61 heavy (non-hydrogen) atoms. The summed E-state index contributed by atoms with van der Waals surface area (Å²) in [5.74, 6) is 2.39. The molecule has 3 unspecified atom stereocenters. The third kappa shape index (κ3) is 9.25. The van der Waals surface area contributed by atoms with Crippen LogP contribution in [0.5, 0.6) is 5.75 Å². The fourth-order valence-electron chi connectivity index (χ4n) is 8.82. The zero-order valence-corrected chi connectivity index (χ0v) is 37.2. The van der Waals surface area contributed by atoms with Crippen LogP contribution in [-0.2, 0) is 38.8 Å². The summed E-state index contributed by atoms with van der Waals surface area (Å²) in [4.78, 5) is 60.6. The predicted molar refractivity (Wildman–Crippen MR) is 237 cm³/mol. The van der Waals surface area contributed by atoms with Crippen molar-refractivity contribution in [3.8, 4) is 28.1 Å². The van der Waals surface area contributed by atoms with Gasteiger partial charge in [-0.05, 0) is 112 Å². The number of aromatic nitrogens is 4. The standard InChI is InChI=1S/C47H62N8O6/c1-25(2)29(7)54(43(56)21-48-9)23-42-50-38-14-12-31-18-37-35-13-11-32(17-34(35)24-60-40(37)19-36(31)45(38)52-42)39-20-49-41(51-39)22-55(30(8)26(3)4)46(57)44(53-47(58)59-10)33-15-27(5)61-28(6)16-33/h11-14,17-20,25-30,33,44,48H,15-16,21-24H2,1-10H3,(H,49,51)(H,50,52)(H,53,58)/t27-,28?,29+,30+,33?,44?/m1/s1. The predicted octanol–water partition coefficient (Wildman–Crippen LogP) is 7.56. The van der Waals surface area contributed by atoms with Gasteiger partial charge in [-0.15, -0.1) is 0 Å². The molecular weight excluding hydrogens is 773 g/mol. The first-order valence-electron chi connectivity index (χ1n) is 21.7. The molecule has 6 atom stereocenters. The Morgan fingerprint density at radius 1 is 0.885 bits per heavy atom. The monoisotopic (exact) mass is 834 g/mol. The van der Waals surface area contributed by atoms with E-state index in [1.807, 2.05) is 36.6 Å². The number of imidazole rings is 2. The molecule has 7 rings (SSSR count). The number of H-pyrrole nitrogens is 2. The van der Waals surface area contributed by atoms with Gasteiger partial charge in [0.05, 0.1) is 61.9 Å². The van der Waals surface area contributed by atoms with Gasteiger partial charge in [-0.2, -0.15) is 0 Å². The van der Waals surface area contributed by atoms with Gasteiger partial charge in [0, 0.05) is 23.0 Å². The molecule has 4 N–H and O–H groups in total. The van der Waals surface area contributed by atoms with Crippen LogP contribution in [-0.4, -0.2) is 98.7 Å². The number of amides is 3. The highest BCUT2D eigenvalue weighted by molar-refractivity contribution is 6.07. The van der Waals surface area contributed by atoms with E-state index in [1.54, 1.807) is 13.2 Å². The molecule has 326 valence electrons. The minimum atomic E-state index is -0.769. The Balaban J connectivity index is 1.13. The molecule has 14 heteroatoms. The van der Waals surface area contributed by atoms with E-state index in [2.05, 4.69) is 91.6 Å². The molecule has 3 aromatic carbocycles. The maximum Gasteiger partial charge on any atom is 0.407 e. The summed E-state index contributed by atoms with van der Waals surface area (Å²) in [5, 5.41) is 7.89. The molecule has 4 heterocycles. The number of likely N-dealkylation sites (N-methyl/N-ethyl adjacent to an activating group) is 1. The van der Waals surface area contributed by atoms with Gasteiger partial charge in [-0.3, -0.25) is 9.59 Å². The maximum atomic E-state index is 14.5. The minimum absolute atomic E-state index is 0.0351. The molecule has 0 bridgehead atoms. The van der Waals surface area contributed by atoms with Crippen LogP contribution >= 0.6 is 0 Å². The van der Waals surface area contributed by atoms with Crippen molar-refractivity contribution < 1.29 is 28.6 Å². The molecule has 14 nitrogen and oxygen atoms in total. The fourth-order valence-corrected chi connectivity index (χ4v) is 8.82. The molecule has 1 saturated heterocycles. The number of hydrogen-bond donors (Lipinski definition) is 4. The quantitative estimate of drug-likeness (QED) is 0.0883. The lowest BCUT2D eigenvalue weighted by molar-refractivity contribution is -0.141. The molecule has 5 aromatic rings. The smallest absolute Gasteiger partial charge is 0.407 e. The van der Waals surface area contributed by atoms with E-state index in [4.69, 9.17) is 24.2 Å². The third-order valence-corrected chi connectivity index (χ3v) is 12.7. The van der Waals surface area contributed by atoms with Crippen molar-refractivity contribution in [1.82, 2.24) is 40.4 Å². The number of ether oxygens (including phenoxy) is 3. The first kappa shape index (κ1) is 43.6. The van der Waals surface area contributed by atoms with Gasteiger partial charge in [-0.25, -0.2) is 14.8 Å². The van der Waals surface area contributed by atoms with Crippen molar-refractivity contribution in [1.29, 1.82) is 0 Å². The Morgan fingerprint density at radius 2 is 1.59 bits per heavy atom. The normalized spacial score (nSPS) is 18.9. The molecule has 1 fully saturated rings. The van der Waals surface area contributed by atoms with Crippen LogP contribution < -0.4 is 15.4 Å². The van der Waals surface area contributed by atoms with E-state index in [-0.39, 0.29) is 61.0 Å². The topological polar surface area (TPSA) is 167 Å². The van der Waals surface area contributed by atoms with Crippen molar-refractivity contribution >= 4 is 39.7 Å². The van der Waals surface area contributed by atoms with Crippen molar-refractivity contribution in [2.45, 2.75) is 118 Å². The summed E-state index contributed by atoms with van der Waals surface area (Å²) in [6, 6.07) is 13.9. The van der Waals surface area contributed by atoms with E-state index in [0.29, 0.717) is 37.7 Å². The second-order valence-corrected chi connectivity index (χ2v) is 17.7. The van der Waals surface area contributed by atoms with Gasteiger partial charge in [0.2, 0.25) is 11.8 Å². The zero-order chi connectivity index (χ0) is 43.7. The van der Waals surface area contributed by atoms with Gasteiger partial charge in [-0.1, -0.05) is 45.9 Å². The van der Waals surface area contributed by atoms with Crippen LogP contribution in [0.1, 0.15) is 85.4 Å². The van der Waals surface area contributed by atoms with E-state index >= 15 is 0 Å². The first-order chi connectivity index (χ1) is 29.1. The Kier molecular flexibility index (Phi) is 13.0. The number of carbonyl (C=O) groups excluding carboxylic acids is 3. The average Bonchev–Trinajstić information content (AvgIpc) is 3.89. The summed E-state index contributed by atoms with van der Waals surface area (Å²) in [6.07, 6.45) is 2.40. The van der Waals surface area contributed by atoms with E-state index in [1.165, 1.54) is 7.11 Å². The maximum absolute atomic E-state index is 14.5. The number of benzene rings is 3. The van der Waals surface area contributed by atoms with Gasteiger partial charge < -0.3 is 44.6 Å². The highest BCUT2D eigenvalue weighted by atomic mass is 16.5. The van der Waals surface area contributed by atoms with Gasteiger partial charge in [0.25, 0.3) is 0 Å². The molecule has 3 amide bonds. The fraction of sp³-hybridized carbons (Fsp3) is 0.511. The second-order valence-electron chi connectivity index (χ2n) is 17.7. The number of nitrogens with one attached hydrogen (secondary N) is 4. The zero-order valence-electron chi connectivity index (χ0n) is 37.2. The largest absolute Gasteiger partial charge is 0.488 e. The van der Waals surface area contributed by atoms with Crippen LogP contribution in [0.4, 0.5) is 4.79 Å². The molecular formula is C47H62N8O6. The molecule has 2 aliphatic rings. The molecule has 2 aromatic heterocycles. The highest BCUT2D eigenvalue weighted by Gasteiger charge is 2.40. The van der Waals surface area contributed by atoms with Crippen molar-refractivity contribution in [2.75, 3.05) is 20.7 Å². The lowest BCUT2D eigenvalue weighted by Crippen LogP contribution is -2.56. The Morgan fingerprint density at radius 3 is 2.28 bits per heavy atom. The van der Waals surface area contributed by atoms with Crippen LogP contribution in [0, 0.1) is 17.8 Å². The van der Waals surface area contributed by atoms with Crippen LogP contribution in [0.2, 0.25) is 0 Å². The number of hydrogen-bond acceptors (Lipinski definition) is 9. The summed E-state index contributed by atoms with van der Waals surface area (Å²) in [5.41, 5.74) is 6.70. The van der Waals surface area contributed by atoms with Crippen molar-refractivity contribution in [2.24, 2.45) is 17.8 Å². The van der Waals surface area contributed by atoms with E-state index in [9.17, 15) is 14.4 Å². The summed E-state index contributed by atoms with van der Waals surface area (Å²) in [7, 11) is 3.10. The number of methoxy groups -OCH3 is 1. The number of aromatic amines is 2. The summed E-state index contributed by atoms with van der Waals surface area (Å²) in [6.45, 7) is 17.8. The number of fused-ring (bicyclic) bond motifs is 6. The minimum Gasteiger partial charge on any atom is -0.488 e. The molecule has 0 spiro atoms. The Labute approximate surface area is 358 Å². The first-order valence-corrected chi connectivity index (χ1v) is 21.7. The molecule has 0 radical (unpaired) electrons. The van der Waals surface area contributed by atoms with Crippen LogP contribution in [0.3, 0.4) is 0 Å². The Hall–Kier alpha value is -5.47. The average molecular weight is 835 g/mol. The third-order valence-electron chi connectivity index (χ3n) is 12.7. The second kappa shape index (κ2) is 18.3. The number of carbonyl (C=O) groups is 3. The van der Waals surface area contributed by atoms with Crippen molar-refractivity contribution in [3.05, 3.63) is 65.9 Å². The highest BCUT2D eigenvalue weighted by Crippen LogP contribution is 2.42. The summed E-state index contributed by atoms with van der Waals surface area (Å²) >= 11 is 0. The van der Waals surface area contributed by atoms with E-state index < -0.39 is 12.1 Å². The van der Waals surface area contributed by atoms with Gasteiger partial charge >= 0.3 is 6.09 Å². The van der Waals surface area contributed by atoms with Crippen LogP contribution in [0.25, 0.3) is 44.2 Å². The van der Waals surface area contributed by atoms with E-state index in [0.717, 1.165) is 61.3 Å². The number of nitrogens with zero attached hydrogens (tertiary/aromatic N) is 4. The molecule has 2 aliphatic heterocycles. The van der Waals surface area contributed by atoms with Crippen molar-refractivity contribution in [3.63, 3.8) is 0 Å². The van der Waals surface area contributed by atoms with Gasteiger partial charge in [0.15, 0.2) is 0 Å². The summed E-state index contributed by atoms with van der Waals surface area (Å²) < 4.78 is 17.4. The lowest BCUT2D eigenvalue weighted by atomic mass is 9.85. The van der Waals surface area contributed by atoms with Crippen LogP contribution in [0.15, 0.2) is 48.7 Å². The number of alkyl carbamates (subject to hydrolysis) is 1. The molecule has 0 aliphatic carbocycles. The Bertz CT molecular complexity index is 2380. The number of rotatable bonds is 14.